The number of nitrogens with one attached hydrogen (secondary N) is 3. The molecule has 0 bridgehead atoms. The maximum atomic E-state index is 9.63. The molecule has 0 unspecified atom stereocenters. The van der Waals surface area contributed by atoms with Crippen LogP contribution in [0.5, 0.6) is 0 Å². The molecule has 4 nitrogen and oxygen atoms in total. The highest BCUT2D eigenvalue weighted by Gasteiger charge is 2.15. The summed E-state index contributed by atoms with van der Waals surface area (Å²) in [4.78, 5) is 0.431. The summed E-state index contributed by atoms with van der Waals surface area (Å²) >= 11 is 10.7. The monoisotopic (exact) mass is 360 g/mol. The van der Waals surface area contributed by atoms with E-state index < -0.39 is 0 Å². The Labute approximate surface area is 155 Å². The second kappa shape index (κ2) is 10.7. The van der Waals surface area contributed by atoms with E-state index in [9.17, 15) is 5.26 Å². The van der Waals surface area contributed by atoms with Gasteiger partial charge in [-0.25, -0.2) is 0 Å². The number of nitriles is 1. The summed E-state index contributed by atoms with van der Waals surface area (Å²) in [7, 11) is 0. The van der Waals surface area contributed by atoms with Gasteiger partial charge in [0.25, 0.3) is 0 Å². The molecule has 1 aromatic rings. The van der Waals surface area contributed by atoms with Gasteiger partial charge in [-0.05, 0) is 37.5 Å². The Hall–Kier alpha value is -1.97. The van der Waals surface area contributed by atoms with Crippen molar-refractivity contribution in [1.29, 1.82) is 5.26 Å². The molecule has 0 heterocycles. The first-order valence-electron chi connectivity index (χ1n) is 8.07. The average molecular weight is 361 g/mol. The first-order chi connectivity index (χ1) is 11.5. The number of hydrogen-bond acceptors (Lipinski definition) is 3. The Bertz CT molecular complexity index is 642. The van der Waals surface area contributed by atoms with Crippen molar-refractivity contribution in [3.05, 3.63) is 41.0 Å². The predicted octanol–water partition coefficient (Wildman–Crippen LogP) is 3.43. The molecule has 0 aromatic heterocycles. The van der Waals surface area contributed by atoms with Gasteiger partial charge in [0.1, 0.15) is 16.6 Å². The largest absolute Gasteiger partial charge is 0.375 e. The molecule has 0 aliphatic carbocycles. The minimum absolute atomic E-state index is 0.392. The summed E-state index contributed by atoms with van der Waals surface area (Å²) in [6.07, 6.45) is 1.90. The van der Waals surface area contributed by atoms with E-state index in [1.807, 2.05) is 38.1 Å². The zero-order chi connectivity index (χ0) is 17.9. The molecular formula is C18H24N4S2. The molecule has 0 radical (unpaired) electrons. The van der Waals surface area contributed by atoms with Crippen LogP contribution < -0.4 is 16.0 Å². The molecule has 3 N–H and O–H groups in total. The topological polar surface area (TPSA) is 59.9 Å². The predicted molar refractivity (Wildman–Crippen MR) is 109 cm³/mol. The van der Waals surface area contributed by atoms with Gasteiger partial charge in [-0.2, -0.15) is 5.26 Å². The minimum atomic E-state index is 0.392. The minimum Gasteiger partial charge on any atom is -0.375 e. The Kier molecular flexibility index (Phi) is 8.98. The molecule has 0 aliphatic heterocycles. The summed E-state index contributed by atoms with van der Waals surface area (Å²) in [5.41, 5.74) is 3.04. The van der Waals surface area contributed by atoms with Crippen LogP contribution in [0.25, 0.3) is 5.70 Å². The first kappa shape index (κ1) is 20.1. The van der Waals surface area contributed by atoms with E-state index in [4.69, 9.17) is 24.4 Å². The fourth-order valence-corrected chi connectivity index (χ4v) is 2.40. The van der Waals surface area contributed by atoms with E-state index >= 15 is 0 Å². The number of hydrogen-bond donors (Lipinski definition) is 3. The Morgan fingerprint density at radius 2 is 1.62 bits per heavy atom. The summed E-state index contributed by atoms with van der Waals surface area (Å²) in [6.45, 7) is 7.63. The third-order valence-electron chi connectivity index (χ3n) is 3.24. The number of thiocarbonyl (C=S) groups is 2. The van der Waals surface area contributed by atoms with Gasteiger partial charge in [0.15, 0.2) is 5.11 Å². The molecule has 0 saturated carbocycles. The van der Waals surface area contributed by atoms with Gasteiger partial charge in [0.2, 0.25) is 0 Å². The highest BCUT2D eigenvalue weighted by Crippen LogP contribution is 2.18. The lowest BCUT2D eigenvalue weighted by atomic mass is 10.1. The number of aryl methyl sites for hydroxylation is 1. The van der Waals surface area contributed by atoms with Gasteiger partial charge in [-0.15, -0.1) is 0 Å². The molecule has 0 saturated heterocycles. The molecule has 24 heavy (non-hydrogen) atoms. The van der Waals surface area contributed by atoms with Crippen LogP contribution in [0.15, 0.2) is 29.8 Å². The van der Waals surface area contributed by atoms with E-state index in [2.05, 4.69) is 28.9 Å². The molecule has 1 aromatic carbocycles. The van der Waals surface area contributed by atoms with Crippen molar-refractivity contribution in [2.45, 2.75) is 33.6 Å². The van der Waals surface area contributed by atoms with Crippen LogP contribution in [0.4, 0.5) is 0 Å². The maximum absolute atomic E-state index is 9.63. The summed E-state index contributed by atoms with van der Waals surface area (Å²) in [5, 5.41) is 19.5. The van der Waals surface area contributed by atoms with E-state index in [-0.39, 0.29) is 0 Å². The van der Waals surface area contributed by atoms with E-state index in [0.717, 1.165) is 37.1 Å². The van der Waals surface area contributed by atoms with Crippen LogP contribution in [0.3, 0.4) is 0 Å². The standard InChI is InChI=1S/C18H24N4S2/c1-4-10-20-17(23)15(12-19)16(22-18(24)21-11-5-2)14-8-6-13(3)7-9-14/h6-9H,4-5,10-11H2,1-3H3,(H,20,23)(H2,21,22,24)/b16-15-. The zero-order valence-electron chi connectivity index (χ0n) is 14.4. The quantitative estimate of drug-likeness (QED) is 0.393. The second-order valence-electron chi connectivity index (χ2n) is 5.36. The number of benzene rings is 1. The van der Waals surface area contributed by atoms with E-state index in [1.165, 1.54) is 0 Å². The molecule has 0 amide bonds. The van der Waals surface area contributed by atoms with Gasteiger partial charge in [0, 0.05) is 13.1 Å². The van der Waals surface area contributed by atoms with Gasteiger partial charge >= 0.3 is 0 Å². The molecule has 6 heteroatoms. The highest BCUT2D eigenvalue weighted by atomic mass is 32.1. The lowest BCUT2D eigenvalue weighted by Crippen LogP contribution is -2.36. The Morgan fingerprint density at radius 3 is 2.17 bits per heavy atom. The van der Waals surface area contributed by atoms with Crippen molar-refractivity contribution in [3.63, 3.8) is 0 Å². The normalized spacial score (nSPS) is 11.1. The maximum Gasteiger partial charge on any atom is 0.170 e. The zero-order valence-corrected chi connectivity index (χ0v) is 16.0. The lowest BCUT2D eigenvalue weighted by molar-refractivity contribution is 0.833. The molecule has 0 atom stereocenters. The van der Waals surface area contributed by atoms with Crippen LogP contribution in [0.2, 0.25) is 0 Å². The van der Waals surface area contributed by atoms with Crippen LogP contribution in [-0.2, 0) is 0 Å². The van der Waals surface area contributed by atoms with Crippen molar-refractivity contribution in [2.24, 2.45) is 0 Å². The first-order valence-corrected chi connectivity index (χ1v) is 8.89. The molecule has 0 fully saturated rings. The average Bonchev–Trinajstić information content (AvgIpc) is 2.58. The van der Waals surface area contributed by atoms with E-state index in [1.54, 1.807) is 0 Å². The van der Waals surface area contributed by atoms with Crippen molar-refractivity contribution < 1.29 is 0 Å². The van der Waals surface area contributed by atoms with Gasteiger partial charge in [-0.1, -0.05) is 55.9 Å². The summed E-state index contributed by atoms with van der Waals surface area (Å²) in [6, 6.07) is 10.1. The Balaban J connectivity index is 3.21. The van der Waals surface area contributed by atoms with Crippen molar-refractivity contribution >= 4 is 40.2 Å². The van der Waals surface area contributed by atoms with Crippen LogP contribution >= 0.6 is 24.4 Å². The fourth-order valence-electron chi connectivity index (χ4n) is 1.94. The van der Waals surface area contributed by atoms with Crippen molar-refractivity contribution in [1.82, 2.24) is 16.0 Å². The smallest absolute Gasteiger partial charge is 0.170 e. The van der Waals surface area contributed by atoms with Gasteiger partial charge < -0.3 is 16.0 Å². The summed E-state index contributed by atoms with van der Waals surface area (Å²) < 4.78 is 0. The molecule has 128 valence electrons. The third kappa shape index (κ3) is 6.26. The Morgan fingerprint density at radius 1 is 1.04 bits per heavy atom. The number of rotatable bonds is 7. The van der Waals surface area contributed by atoms with E-state index in [0.29, 0.717) is 21.4 Å². The fraction of sp³-hybridized carbons (Fsp3) is 0.389. The summed E-state index contributed by atoms with van der Waals surface area (Å²) in [5.74, 6) is 0. The highest BCUT2D eigenvalue weighted by molar-refractivity contribution is 7.81. The third-order valence-corrected chi connectivity index (χ3v) is 3.83. The molecule has 0 spiro atoms. The van der Waals surface area contributed by atoms with Crippen LogP contribution in [0, 0.1) is 18.3 Å². The SMILES string of the molecule is CCCNC(=S)N/C(=C(/C#N)C(=S)NCCC)c1ccc(C)cc1. The molecular weight excluding hydrogens is 336 g/mol. The lowest BCUT2D eigenvalue weighted by Gasteiger charge is -2.17. The van der Waals surface area contributed by atoms with Crippen molar-refractivity contribution in [2.75, 3.05) is 13.1 Å². The van der Waals surface area contributed by atoms with Crippen molar-refractivity contribution in [3.8, 4) is 6.07 Å². The van der Waals surface area contributed by atoms with Crippen LogP contribution in [0.1, 0.15) is 37.8 Å². The van der Waals surface area contributed by atoms with Crippen LogP contribution in [-0.4, -0.2) is 23.2 Å². The van der Waals surface area contributed by atoms with Gasteiger partial charge in [-0.3, -0.25) is 0 Å². The van der Waals surface area contributed by atoms with Gasteiger partial charge in [0.05, 0.1) is 5.70 Å². The second-order valence-corrected chi connectivity index (χ2v) is 6.18. The molecule has 0 aliphatic rings. The molecule has 1 rings (SSSR count). The number of nitrogens with zero attached hydrogens (tertiary/aromatic N) is 1.